The standard InChI is InChI=1S/C20H16ClN3O3/c1-13(23-24-19(25)15-4-2-5-16(21)12-15)14-7-9-17(10-8-14)22-20(26)18-6-3-11-27-18/h2-12H,1H3,(H,22,26)(H,24,25)/b23-13+. The lowest BCUT2D eigenvalue weighted by Gasteiger charge is -2.06. The van der Waals surface area contributed by atoms with Crippen molar-refractivity contribution in [2.45, 2.75) is 6.92 Å². The molecule has 0 aliphatic carbocycles. The summed E-state index contributed by atoms with van der Waals surface area (Å²) in [6.07, 6.45) is 1.44. The van der Waals surface area contributed by atoms with Crippen LogP contribution in [0.25, 0.3) is 0 Å². The monoisotopic (exact) mass is 381 g/mol. The van der Waals surface area contributed by atoms with Crippen LogP contribution < -0.4 is 10.7 Å². The number of halogens is 1. The van der Waals surface area contributed by atoms with E-state index in [0.717, 1.165) is 5.56 Å². The Morgan fingerprint density at radius 1 is 0.963 bits per heavy atom. The molecular weight excluding hydrogens is 366 g/mol. The predicted molar refractivity (Wildman–Crippen MR) is 104 cm³/mol. The Hall–Kier alpha value is -3.38. The summed E-state index contributed by atoms with van der Waals surface area (Å²) in [6, 6.07) is 16.9. The van der Waals surface area contributed by atoms with Gasteiger partial charge in [0.25, 0.3) is 11.8 Å². The summed E-state index contributed by atoms with van der Waals surface area (Å²) in [6.45, 7) is 1.77. The lowest BCUT2D eigenvalue weighted by Crippen LogP contribution is -2.19. The fraction of sp³-hybridized carbons (Fsp3) is 0.0500. The first-order chi connectivity index (χ1) is 13.0. The van der Waals surface area contributed by atoms with E-state index in [0.29, 0.717) is 22.0 Å². The van der Waals surface area contributed by atoms with Crippen molar-refractivity contribution in [2.75, 3.05) is 5.32 Å². The van der Waals surface area contributed by atoms with Crippen LogP contribution in [0.4, 0.5) is 5.69 Å². The summed E-state index contributed by atoms with van der Waals surface area (Å²) >= 11 is 5.88. The summed E-state index contributed by atoms with van der Waals surface area (Å²) in [4.78, 5) is 24.0. The second-order valence-corrected chi connectivity index (χ2v) is 6.09. The van der Waals surface area contributed by atoms with Gasteiger partial charge in [-0.25, -0.2) is 5.43 Å². The summed E-state index contributed by atoms with van der Waals surface area (Å²) in [5, 5.41) is 7.32. The van der Waals surface area contributed by atoms with E-state index in [1.807, 2.05) is 0 Å². The number of furan rings is 1. The average Bonchev–Trinajstić information content (AvgIpc) is 3.21. The molecule has 3 rings (SSSR count). The number of hydrogen-bond acceptors (Lipinski definition) is 4. The van der Waals surface area contributed by atoms with Crippen molar-refractivity contribution >= 4 is 34.8 Å². The molecule has 0 saturated heterocycles. The number of hydrazone groups is 1. The van der Waals surface area contributed by atoms with Crippen LogP contribution in [0.15, 0.2) is 76.4 Å². The van der Waals surface area contributed by atoms with Crippen LogP contribution in [0, 0.1) is 0 Å². The van der Waals surface area contributed by atoms with Gasteiger partial charge in [0.1, 0.15) is 0 Å². The molecule has 0 atom stereocenters. The third kappa shape index (κ3) is 4.83. The third-order valence-electron chi connectivity index (χ3n) is 3.72. The number of benzene rings is 2. The second kappa shape index (κ2) is 8.33. The number of nitrogens with one attached hydrogen (secondary N) is 2. The molecule has 0 fully saturated rings. The predicted octanol–water partition coefficient (Wildman–Crippen LogP) is 4.34. The second-order valence-electron chi connectivity index (χ2n) is 5.66. The number of hydrogen-bond donors (Lipinski definition) is 2. The molecule has 1 heterocycles. The van der Waals surface area contributed by atoms with E-state index in [2.05, 4.69) is 15.8 Å². The van der Waals surface area contributed by atoms with Crippen molar-refractivity contribution < 1.29 is 14.0 Å². The molecule has 136 valence electrons. The number of carbonyl (C=O) groups is 2. The van der Waals surface area contributed by atoms with E-state index in [1.54, 1.807) is 67.6 Å². The zero-order valence-corrected chi connectivity index (χ0v) is 15.2. The highest BCUT2D eigenvalue weighted by Crippen LogP contribution is 2.13. The lowest BCUT2D eigenvalue weighted by molar-refractivity contribution is 0.0953. The highest BCUT2D eigenvalue weighted by Gasteiger charge is 2.09. The molecule has 27 heavy (non-hydrogen) atoms. The Morgan fingerprint density at radius 2 is 1.74 bits per heavy atom. The first-order valence-electron chi connectivity index (χ1n) is 8.08. The Morgan fingerprint density at radius 3 is 2.41 bits per heavy atom. The molecule has 3 aromatic rings. The quantitative estimate of drug-likeness (QED) is 0.509. The van der Waals surface area contributed by atoms with Crippen LogP contribution >= 0.6 is 11.6 Å². The van der Waals surface area contributed by atoms with Crippen molar-refractivity contribution in [1.29, 1.82) is 0 Å². The first-order valence-corrected chi connectivity index (χ1v) is 8.46. The van der Waals surface area contributed by atoms with Crippen molar-refractivity contribution in [3.05, 3.63) is 88.8 Å². The van der Waals surface area contributed by atoms with Crippen molar-refractivity contribution in [2.24, 2.45) is 5.10 Å². The van der Waals surface area contributed by atoms with Gasteiger partial charge in [-0.05, 0) is 55.0 Å². The molecule has 0 bridgehead atoms. The van der Waals surface area contributed by atoms with Crippen LogP contribution in [0.2, 0.25) is 5.02 Å². The number of anilines is 1. The number of nitrogens with zero attached hydrogens (tertiary/aromatic N) is 1. The Kier molecular flexibility index (Phi) is 5.68. The van der Waals surface area contributed by atoms with E-state index in [9.17, 15) is 9.59 Å². The minimum absolute atomic E-state index is 0.237. The maximum atomic E-state index is 12.1. The molecule has 2 amide bonds. The maximum absolute atomic E-state index is 12.1. The summed E-state index contributed by atoms with van der Waals surface area (Å²) in [7, 11) is 0. The minimum Gasteiger partial charge on any atom is -0.459 e. The van der Waals surface area contributed by atoms with Gasteiger partial charge in [-0.15, -0.1) is 0 Å². The van der Waals surface area contributed by atoms with Crippen LogP contribution in [-0.4, -0.2) is 17.5 Å². The fourth-order valence-corrected chi connectivity index (χ4v) is 2.48. The lowest BCUT2D eigenvalue weighted by atomic mass is 10.1. The van der Waals surface area contributed by atoms with Gasteiger partial charge in [-0.1, -0.05) is 29.8 Å². The molecule has 7 heteroatoms. The molecule has 2 aromatic carbocycles. The van der Waals surface area contributed by atoms with Gasteiger partial charge < -0.3 is 9.73 Å². The van der Waals surface area contributed by atoms with Crippen LogP contribution in [0.5, 0.6) is 0 Å². The fourth-order valence-electron chi connectivity index (χ4n) is 2.29. The van der Waals surface area contributed by atoms with Crippen molar-refractivity contribution in [1.82, 2.24) is 5.43 Å². The summed E-state index contributed by atoms with van der Waals surface area (Å²) in [5.41, 5.74) is 4.97. The van der Waals surface area contributed by atoms with E-state index >= 15 is 0 Å². The Bertz CT molecular complexity index is 980. The molecule has 2 N–H and O–H groups in total. The van der Waals surface area contributed by atoms with Gasteiger partial charge >= 0.3 is 0 Å². The van der Waals surface area contributed by atoms with Gasteiger partial charge in [-0.3, -0.25) is 9.59 Å². The van der Waals surface area contributed by atoms with Gasteiger partial charge in [0.2, 0.25) is 0 Å². The average molecular weight is 382 g/mol. The largest absolute Gasteiger partial charge is 0.459 e. The van der Waals surface area contributed by atoms with Gasteiger partial charge in [0.15, 0.2) is 5.76 Å². The van der Waals surface area contributed by atoms with Crippen LogP contribution in [0.3, 0.4) is 0 Å². The van der Waals surface area contributed by atoms with Gasteiger partial charge in [0.05, 0.1) is 12.0 Å². The summed E-state index contributed by atoms with van der Waals surface area (Å²) < 4.78 is 5.05. The number of rotatable bonds is 5. The topological polar surface area (TPSA) is 83.7 Å². The first kappa shape index (κ1) is 18.4. The number of amides is 2. The molecule has 0 radical (unpaired) electrons. The summed E-state index contributed by atoms with van der Waals surface area (Å²) in [5.74, 6) is -0.438. The Balaban J connectivity index is 1.63. The van der Waals surface area contributed by atoms with Crippen LogP contribution in [0.1, 0.15) is 33.4 Å². The van der Waals surface area contributed by atoms with Gasteiger partial charge in [-0.2, -0.15) is 5.10 Å². The molecule has 0 saturated carbocycles. The zero-order chi connectivity index (χ0) is 19.2. The number of carbonyl (C=O) groups excluding carboxylic acids is 2. The van der Waals surface area contributed by atoms with E-state index in [-0.39, 0.29) is 17.6 Å². The van der Waals surface area contributed by atoms with Crippen molar-refractivity contribution in [3.63, 3.8) is 0 Å². The smallest absolute Gasteiger partial charge is 0.291 e. The molecule has 0 aliphatic heterocycles. The molecule has 0 unspecified atom stereocenters. The van der Waals surface area contributed by atoms with Crippen LogP contribution in [-0.2, 0) is 0 Å². The van der Waals surface area contributed by atoms with Crippen molar-refractivity contribution in [3.8, 4) is 0 Å². The normalized spacial score (nSPS) is 11.1. The molecular formula is C20H16ClN3O3. The minimum atomic E-state index is -0.348. The molecule has 6 nitrogen and oxygen atoms in total. The SMILES string of the molecule is C/C(=N\NC(=O)c1cccc(Cl)c1)c1ccc(NC(=O)c2ccco2)cc1. The van der Waals surface area contributed by atoms with E-state index in [1.165, 1.54) is 6.26 Å². The molecule has 1 aromatic heterocycles. The third-order valence-corrected chi connectivity index (χ3v) is 3.95. The Labute approximate surface area is 160 Å². The highest BCUT2D eigenvalue weighted by atomic mass is 35.5. The molecule has 0 spiro atoms. The molecule has 0 aliphatic rings. The van der Waals surface area contributed by atoms with E-state index < -0.39 is 0 Å². The maximum Gasteiger partial charge on any atom is 0.291 e. The van der Waals surface area contributed by atoms with E-state index in [4.69, 9.17) is 16.0 Å². The highest BCUT2D eigenvalue weighted by molar-refractivity contribution is 6.31. The van der Waals surface area contributed by atoms with Gasteiger partial charge in [0, 0.05) is 16.3 Å². The zero-order valence-electron chi connectivity index (χ0n) is 14.4.